The van der Waals surface area contributed by atoms with Crippen LogP contribution in [0.2, 0.25) is 0 Å². The number of amides is 1. The van der Waals surface area contributed by atoms with Crippen molar-refractivity contribution in [2.24, 2.45) is 0 Å². The Morgan fingerprint density at radius 3 is 1.70 bits per heavy atom. The number of alkyl halides is 9. The number of hydrogen-bond acceptors (Lipinski definition) is 7. The first-order valence-corrected chi connectivity index (χ1v) is 11.4. The lowest BCUT2D eigenvalue weighted by molar-refractivity contribution is -0.193. The number of aliphatic carboxylic acids is 3. The van der Waals surface area contributed by atoms with Gasteiger partial charge < -0.3 is 20.2 Å². The standard InChI is InChI=1S/C17H18N4O.3C2HF3O2/c22-17-10-16-15(21(17)14-5-3-7-18-11-14)6-9-20(16)12-13-4-1-2-8-19-13;3*3-2(4,5)1(6)7/h1-5,7-8,11,15-16H,6,9-10,12H2;3*(H,6,7)/t15-,16+;;;/m0.../s1. The number of carbonyl (C=O) groups is 4. The number of hydrogen-bond donors (Lipinski definition) is 3. The third kappa shape index (κ3) is 12.1. The topological polar surface area (TPSA) is 161 Å². The highest BCUT2D eigenvalue weighted by Crippen LogP contribution is 2.36. The Labute approximate surface area is 235 Å². The van der Waals surface area contributed by atoms with Gasteiger partial charge in [-0.2, -0.15) is 39.5 Å². The molecule has 0 spiro atoms. The number of carbonyl (C=O) groups excluding carboxylic acids is 1. The van der Waals surface area contributed by atoms with Crippen LogP contribution in [0, 0.1) is 0 Å². The second-order valence-electron chi connectivity index (χ2n) is 8.30. The fraction of sp³-hybridized carbons (Fsp3) is 0.391. The van der Waals surface area contributed by atoms with Crippen molar-refractivity contribution in [1.29, 1.82) is 0 Å². The maximum atomic E-state index is 12.4. The molecule has 0 unspecified atom stereocenters. The molecule has 2 aliphatic rings. The van der Waals surface area contributed by atoms with Gasteiger partial charge in [0.25, 0.3) is 0 Å². The molecule has 2 aromatic heterocycles. The number of anilines is 1. The minimum atomic E-state index is -5.08. The lowest BCUT2D eigenvalue weighted by Gasteiger charge is -2.25. The molecule has 238 valence electrons. The Morgan fingerprint density at radius 1 is 0.791 bits per heavy atom. The fourth-order valence-corrected chi connectivity index (χ4v) is 3.66. The van der Waals surface area contributed by atoms with Crippen LogP contribution in [0.1, 0.15) is 18.5 Å². The first kappa shape index (κ1) is 36.5. The monoisotopic (exact) mass is 636 g/mol. The Hall–Kier alpha value is -4.49. The molecule has 0 aliphatic carbocycles. The summed E-state index contributed by atoms with van der Waals surface area (Å²) in [6, 6.07) is 10.4. The van der Waals surface area contributed by atoms with E-state index in [4.69, 9.17) is 29.7 Å². The van der Waals surface area contributed by atoms with Crippen LogP contribution in [-0.4, -0.2) is 91.2 Å². The van der Waals surface area contributed by atoms with Gasteiger partial charge in [0.05, 0.1) is 23.6 Å². The molecule has 2 aromatic rings. The van der Waals surface area contributed by atoms with Crippen molar-refractivity contribution in [2.45, 2.75) is 50.0 Å². The Kier molecular flexibility index (Phi) is 12.8. The fourth-order valence-electron chi connectivity index (χ4n) is 3.66. The summed E-state index contributed by atoms with van der Waals surface area (Å²) >= 11 is 0. The van der Waals surface area contributed by atoms with Gasteiger partial charge in [-0.15, -0.1) is 0 Å². The lowest BCUT2D eigenvalue weighted by Crippen LogP contribution is -2.37. The minimum Gasteiger partial charge on any atom is -0.475 e. The highest BCUT2D eigenvalue weighted by atomic mass is 19.4. The van der Waals surface area contributed by atoms with Crippen LogP contribution in [0.4, 0.5) is 45.2 Å². The average molecular weight is 636 g/mol. The number of carboxylic acid groups (broad SMARTS) is 3. The molecule has 1 amide bonds. The van der Waals surface area contributed by atoms with Crippen LogP contribution in [-0.2, 0) is 25.7 Å². The summed E-state index contributed by atoms with van der Waals surface area (Å²) in [4.78, 5) is 52.0. The van der Waals surface area contributed by atoms with Crippen molar-refractivity contribution < 1.29 is 74.0 Å². The first-order valence-electron chi connectivity index (χ1n) is 11.4. The third-order valence-electron chi connectivity index (χ3n) is 5.35. The largest absolute Gasteiger partial charge is 0.490 e. The van der Waals surface area contributed by atoms with E-state index in [1.807, 2.05) is 41.4 Å². The van der Waals surface area contributed by atoms with Gasteiger partial charge in [0, 0.05) is 37.9 Å². The molecule has 4 rings (SSSR count). The number of aromatic nitrogens is 2. The zero-order chi connectivity index (χ0) is 33.2. The van der Waals surface area contributed by atoms with E-state index in [0.29, 0.717) is 6.42 Å². The van der Waals surface area contributed by atoms with Gasteiger partial charge in [-0.25, -0.2) is 14.4 Å². The highest BCUT2D eigenvalue weighted by Gasteiger charge is 2.47. The van der Waals surface area contributed by atoms with Crippen molar-refractivity contribution in [3.05, 3.63) is 54.6 Å². The lowest BCUT2D eigenvalue weighted by atomic mass is 10.1. The molecule has 11 nitrogen and oxygen atoms in total. The van der Waals surface area contributed by atoms with E-state index in [2.05, 4.69) is 14.9 Å². The van der Waals surface area contributed by atoms with E-state index in [1.165, 1.54) is 0 Å². The van der Waals surface area contributed by atoms with E-state index in [-0.39, 0.29) is 18.0 Å². The first-order chi connectivity index (χ1) is 19.7. The number of likely N-dealkylation sites (tertiary alicyclic amines) is 1. The van der Waals surface area contributed by atoms with E-state index in [9.17, 15) is 44.3 Å². The van der Waals surface area contributed by atoms with Crippen LogP contribution in [0.5, 0.6) is 0 Å². The summed E-state index contributed by atoms with van der Waals surface area (Å²) in [5.41, 5.74) is 1.98. The third-order valence-corrected chi connectivity index (χ3v) is 5.35. The SMILES string of the molecule is O=C(O)C(F)(F)F.O=C(O)C(F)(F)F.O=C(O)C(F)(F)F.O=C1C[C@@H]2[C@H](CCN2Cc2ccccn2)N1c1cccnc1. The molecule has 2 fully saturated rings. The van der Waals surface area contributed by atoms with Gasteiger partial charge in [-0.1, -0.05) is 6.07 Å². The maximum Gasteiger partial charge on any atom is 0.490 e. The van der Waals surface area contributed by atoms with Gasteiger partial charge in [0.1, 0.15) is 0 Å². The normalized spacial score (nSPS) is 18.2. The van der Waals surface area contributed by atoms with Crippen LogP contribution < -0.4 is 4.90 Å². The Morgan fingerprint density at radius 2 is 1.30 bits per heavy atom. The van der Waals surface area contributed by atoms with Gasteiger partial charge in [0.15, 0.2) is 0 Å². The molecule has 0 saturated carbocycles. The molecule has 20 heteroatoms. The molecular formula is C23H21F9N4O7. The number of carboxylic acids is 3. The zero-order valence-electron chi connectivity index (χ0n) is 21.3. The smallest absolute Gasteiger partial charge is 0.475 e. The molecule has 2 saturated heterocycles. The molecule has 0 radical (unpaired) electrons. The summed E-state index contributed by atoms with van der Waals surface area (Å²) in [5, 5.41) is 21.4. The molecule has 0 bridgehead atoms. The van der Waals surface area contributed by atoms with Gasteiger partial charge in [-0.05, 0) is 30.7 Å². The zero-order valence-corrected chi connectivity index (χ0v) is 21.3. The average Bonchev–Trinajstić information content (AvgIpc) is 3.42. The van der Waals surface area contributed by atoms with Gasteiger partial charge in [-0.3, -0.25) is 19.7 Å². The summed E-state index contributed by atoms with van der Waals surface area (Å²) in [7, 11) is 0. The predicted octanol–water partition coefficient (Wildman–Crippen LogP) is 3.76. The summed E-state index contributed by atoms with van der Waals surface area (Å²) in [6.07, 6.45) is -8.31. The van der Waals surface area contributed by atoms with Crippen molar-refractivity contribution in [3.8, 4) is 0 Å². The molecule has 3 N–H and O–H groups in total. The summed E-state index contributed by atoms with van der Waals surface area (Å²) in [5.74, 6) is -8.07. The number of rotatable bonds is 3. The van der Waals surface area contributed by atoms with E-state index >= 15 is 0 Å². The van der Waals surface area contributed by atoms with Crippen LogP contribution in [0.3, 0.4) is 0 Å². The summed E-state index contributed by atoms with van der Waals surface area (Å²) < 4.78 is 95.2. The number of pyridine rings is 2. The molecule has 43 heavy (non-hydrogen) atoms. The van der Waals surface area contributed by atoms with Crippen molar-refractivity contribution in [1.82, 2.24) is 14.9 Å². The molecular weight excluding hydrogens is 615 g/mol. The molecule has 0 aromatic carbocycles. The molecule has 4 heterocycles. The van der Waals surface area contributed by atoms with Crippen molar-refractivity contribution in [2.75, 3.05) is 11.4 Å². The van der Waals surface area contributed by atoms with Crippen LogP contribution in [0.15, 0.2) is 48.9 Å². The summed E-state index contributed by atoms with van der Waals surface area (Å²) in [6.45, 7) is 1.83. The predicted molar refractivity (Wildman–Crippen MR) is 124 cm³/mol. The minimum absolute atomic E-state index is 0.203. The number of fused-ring (bicyclic) bond motifs is 1. The van der Waals surface area contributed by atoms with Gasteiger partial charge >= 0.3 is 36.4 Å². The quantitative estimate of drug-likeness (QED) is 0.423. The van der Waals surface area contributed by atoms with E-state index < -0.39 is 36.4 Å². The van der Waals surface area contributed by atoms with Crippen LogP contribution >= 0.6 is 0 Å². The van der Waals surface area contributed by atoms with E-state index in [1.54, 1.807) is 12.4 Å². The number of halogens is 9. The molecule has 2 atom stereocenters. The maximum absolute atomic E-state index is 12.4. The number of nitrogens with zero attached hydrogens (tertiary/aromatic N) is 4. The Bertz CT molecular complexity index is 1170. The molecule has 2 aliphatic heterocycles. The Balaban J connectivity index is 0.000000363. The second-order valence-corrected chi connectivity index (χ2v) is 8.30. The van der Waals surface area contributed by atoms with Crippen LogP contribution in [0.25, 0.3) is 0 Å². The highest BCUT2D eigenvalue weighted by molar-refractivity contribution is 5.97. The van der Waals surface area contributed by atoms with Crippen molar-refractivity contribution in [3.63, 3.8) is 0 Å². The van der Waals surface area contributed by atoms with E-state index in [0.717, 1.165) is 30.9 Å². The van der Waals surface area contributed by atoms with Crippen molar-refractivity contribution >= 4 is 29.5 Å². The van der Waals surface area contributed by atoms with Gasteiger partial charge in [0.2, 0.25) is 5.91 Å². The second kappa shape index (κ2) is 15.1.